The van der Waals surface area contributed by atoms with Crippen molar-refractivity contribution in [3.63, 3.8) is 0 Å². The van der Waals surface area contributed by atoms with Crippen molar-refractivity contribution in [1.29, 1.82) is 0 Å². The van der Waals surface area contributed by atoms with E-state index in [4.69, 9.17) is 21.3 Å². The molecule has 4 aromatic carbocycles. The molecule has 0 unspecified atom stereocenters. The maximum Gasteiger partial charge on any atom is 0.134 e. The summed E-state index contributed by atoms with van der Waals surface area (Å²) < 4.78 is 6.85. The second kappa shape index (κ2) is 10.6. The smallest absolute Gasteiger partial charge is 0.134 e. The molecule has 184 valence electrons. The number of rotatable bonds is 6. The molecule has 3 atom stereocenters. The van der Waals surface area contributed by atoms with Gasteiger partial charge in [-0.15, -0.1) is 0 Å². The lowest BCUT2D eigenvalue weighted by Gasteiger charge is -2.37. The number of benzene rings is 4. The Morgan fingerprint density at radius 2 is 1.78 bits per heavy atom. The second-order valence-corrected chi connectivity index (χ2v) is 10.8. The summed E-state index contributed by atoms with van der Waals surface area (Å²) in [6, 6.07) is 31.3. The molecule has 3 nitrogen and oxygen atoms in total. The number of hydrogen-bond donors (Lipinski definition) is 1. The van der Waals surface area contributed by atoms with Gasteiger partial charge in [-0.05, 0) is 99.1 Å². The van der Waals surface area contributed by atoms with Crippen molar-refractivity contribution in [3.05, 3.63) is 135 Å². The number of hydrogen-bond acceptors (Lipinski definition) is 3. The number of anilines is 1. The van der Waals surface area contributed by atoms with Gasteiger partial charge in [0.25, 0.3) is 0 Å². The van der Waals surface area contributed by atoms with Crippen LogP contribution < -0.4 is 10.1 Å². The Bertz CT molecular complexity index is 1460. The largest absolute Gasteiger partial charge is 0.488 e. The van der Waals surface area contributed by atoms with Crippen molar-refractivity contribution >= 4 is 45.1 Å². The zero-order valence-electron chi connectivity index (χ0n) is 20.1. The van der Waals surface area contributed by atoms with Crippen molar-refractivity contribution in [3.8, 4) is 5.75 Å². The molecular weight excluding hydrogens is 544 g/mol. The minimum absolute atomic E-state index is 0.296. The molecule has 37 heavy (non-hydrogen) atoms. The highest BCUT2D eigenvalue weighted by Gasteiger charge is 2.37. The van der Waals surface area contributed by atoms with Gasteiger partial charge in [-0.25, -0.2) is 0 Å². The van der Waals surface area contributed by atoms with Crippen LogP contribution in [0.15, 0.2) is 113 Å². The van der Waals surface area contributed by atoms with E-state index < -0.39 is 0 Å². The molecule has 1 heterocycles. The molecule has 2 aliphatic rings. The highest BCUT2D eigenvalue weighted by molar-refractivity contribution is 9.10. The first-order valence-electron chi connectivity index (χ1n) is 12.5. The molecular formula is C32H26BrClN2O. The first-order chi connectivity index (χ1) is 18.1. The zero-order chi connectivity index (χ0) is 25.2. The van der Waals surface area contributed by atoms with Crippen LogP contribution in [-0.2, 0) is 6.61 Å². The molecule has 0 amide bonds. The summed E-state index contributed by atoms with van der Waals surface area (Å²) in [6.07, 6.45) is 7.69. The summed E-state index contributed by atoms with van der Waals surface area (Å²) in [5.74, 6) is 1.82. The number of nitrogens with one attached hydrogen (secondary N) is 1. The van der Waals surface area contributed by atoms with Crippen LogP contribution in [0.3, 0.4) is 0 Å². The van der Waals surface area contributed by atoms with Gasteiger partial charge in [-0.3, -0.25) is 4.99 Å². The monoisotopic (exact) mass is 568 g/mol. The number of halogens is 2. The lowest BCUT2D eigenvalue weighted by molar-refractivity contribution is 0.304. The third kappa shape index (κ3) is 5.22. The van der Waals surface area contributed by atoms with Gasteiger partial charge in [0.1, 0.15) is 12.4 Å². The Labute approximate surface area is 231 Å². The van der Waals surface area contributed by atoms with Gasteiger partial charge in [-0.2, -0.15) is 0 Å². The fourth-order valence-electron chi connectivity index (χ4n) is 5.25. The molecule has 0 bridgehead atoms. The molecule has 0 spiro atoms. The van der Waals surface area contributed by atoms with Gasteiger partial charge in [0, 0.05) is 22.8 Å². The van der Waals surface area contributed by atoms with Gasteiger partial charge >= 0.3 is 0 Å². The summed E-state index contributed by atoms with van der Waals surface area (Å²) in [5.41, 5.74) is 6.95. The van der Waals surface area contributed by atoms with Gasteiger partial charge in [0.2, 0.25) is 0 Å². The third-order valence-corrected chi connectivity index (χ3v) is 8.02. The number of fused-ring (bicyclic) bond motifs is 3. The maximum absolute atomic E-state index is 5.96. The summed E-state index contributed by atoms with van der Waals surface area (Å²) in [4.78, 5) is 4.71. The van der Waals surface area contributed by atoms with E-state index in [1.807, 2.05) is 48.7 Å². The van der Waals surface area contributed by atoms with E-state index in [0.29, 0.717) is 24.5 Å². The predicted octanol–water partition coefficient (Wildman–Crippen LogP) is 9.26. The normalized spacial score (nSPS) is 19.9. The van der Waals surface area contributed by atoms with Gasteiger partial charge in [-0.1, -0.05) is 66.2 Å². The van der Waals surface area contributed by atoms with Crippen LogP contribution in [0.1, 0.15) is 40.6 Å². The molecule has 6 rings (SSSR count). The lowest BCUT2D eigenvalue weighted by Crippen LogP contribution is -2.28. The molecule has 0 aromatic heterocycles. The van der Waals surface area contributed by atoms with Crippen LogP contribution in [0.25, 0.3) is 0 Å². The standard InChI is InChI=1S/C32H26BrClN2O/c33-29-18-22(10-17-31(29)37-20-21-8-13-24(34)14-9-21)19-35-25-15-11-23(12-16-25)32-28-6-3-5-26(28)27-4-1-2-7-30(27)36-32/h1-5,7-19,26,28,32,36H,6,20H2/t26-,28-,32-/m0/s1. The van der Waals surface area contributed by atoms with E-state index in [2.05, 4.69) is 81.9 Å². The number of para-hydroxylation sites is 1. The third-order valence-electron chi connectivity index (χ3n) is 7.15. The van der Waals surface area contributed by atoms with Gasteiger partial charge in [0.05, 0.1) is 16.2 Å². The second-order valence-electron chi connectivity index (χ2n) is 9.52. The zero-order valence-corrected chi connectivity index (χ0v) is 22.5. The average Bonchev–Trinajstić information content (AvgIpc) is 3.43. The van der Waals surface area contributed by atoms with E-state index in [9.17, 15) is 0 Å². The van der Waals surface area contributed by atoms with Gasteiger partial charge in [0.15, 0.2) is 0 Å². The van der Waals surface area contributed by atoms with E-state index in [1.165, 1.54) is 16.8 Å². The summed E-state index contributed by atoms with van der Waals surface area (Å²) in [6.45, 7) is 0.481. The summed E-state index contributed by atoms with van der Waals surface area (Å²) in [5, 5.41) is 4.52. The molecule has 4 aromatic rings. The molecule has 1 aliphatic heterocycles. The van der Waals surface area contributed by atoms with E-state index >= 15 is 0 Å². The minimum Gasteiger partial charge on any atom is -0.488 e. The molecule has 0 saturated carbocycles. The molecule has 0 fully saturated rings. The summed E-state index contributed by atoms with van der Waals surface area (Å²) >= 11 is 9.59. The van der Waals surface area contributed by atoms with Crippen LogP contribution in [0.4, 0.5) is 11.4 Å². The van der Waals surface area contributed by atoms with Crippen molar-refractivity contribution in [2.45, 2.75) is 25.0 Å². The van der Waals surface area contributed by atoms with Crippen LogP contribution >= 0.6 is 27.5 Å². The van der Waals surface area contributed by atoms with Crippen molar-refractivity contribution in [1.82, 2.24) is 0 Å². The van der Waals surface area contributed by atoms with Crippen molar-refractivity contribution < 1.29 is 4.74 Å². The molecule has 1 aliphatic carbocycles. The number of allylic oxidation sites excluding steroid dienone is 2. The van der Waals surface area contributed by atoms with E-state index in [1.54, 1.807) is 0 Å². The fraction of sp³-hybridized carbons (Fsp3) is 0.156. The Morgan fingerprint density at radius 1 is 0.973 bits per heavy atom. The Balaban J connectivity index is 1.12. The van der Waals surface area contributed by atoms with Crippen LogP contribution in [-0.4, -0.2) is 6.21 Å². The highest BCUT2D eigenvalue weighted by Crippen LogP contribution is 2.49. The van der Waals surface area contributed by atoms with Crippen molar-refractivity contribution in [2.24, 2.45) is 10.9 Å². The Hall–Kier alpha value is -3.34. The van der Waals surface area contributed by atoms with Crippen LogP contribution in [0, 0.1) is 5.92 Å². The lowest BCUT2D eigenvalue weighted by atomic mass is 9.77. The molecule has 0 radical (unpaired) electrons. The van der Waals surface area contributed by atoms with Gasteiger partial charge < -0.3 is 10.1 Å². The first kappa shape index (κ1) is 24.0. The molecule has 1 N–H and O–H groups in total. The quantitative estimate of drug-likeness (QED) is 0.185. The highest BCUT2D eigenvalue weighted by atomic mass is 79.9. The Kier molecular flexibility index (Phi) is 6.86. The number of aliphatic imine (C=N–C) groups is 1. The Morgan fingerprint density at radius 3 is 2.59 bits per heavy atom. The number of ether oxygens (including phenoxy) is 1. The van der Waals surface area contributed by atoms with Crippen LogP contribution in [0.5, 0.6) is 5.75 Å². The van der Waals surface area contributed by atoms with E-state index in [0.717, 1.165) is 38.5 Å². The predicted molar refractivity (Wildman–Crippen MR) is 156 cm³/mol. The topological polar surface area (TPSA) is 33.6 Å². The summed E-state index contributed by atoms with van der Waals surface area (Å²) in [7, 11) is 0. The van der Waals surface area contributed by atoms with Crippen LogP contribution in [0.2, 0.25) is 5.02 Å². The molecule has 5 heteroatoms. The minimum atomic E-state index is 0.296. The fourth-order valence-corrected chi connectivity index (χ4v) is 5.88. The first-order valence-corrected chi connectivity index (χ1v) is 13.6. The maximum atomic E-state index is 5.96. The van der Waals surface area contributed by atoms with E-state index in [-0.39, 0.29) is 0 Å². The molecule has 0 saturated heterocycles. The SMILES string of the molecule is Clc1ccc(COc2ccc(C=Nc3ccc([C@@H]4Nc5ccccc5[C@@H]5C=CC[C@@H]54)cc3)cc2Br)cc1. The average molecular weight is 570 g/mol. The van der Waals surface area contributed by atoms with Crippen molar-refractivity contribution in [2.75, 3.05) is 5.32 Å². The number of nitrogens with zero attached hydrogens (tertiary/aromatic N) is 1.